The Morgan fingerprint density at radius 2 is 1.72 bits per heavy atom. The maximum absolute atomic E-state index is 12.8. The molecular formula is C18H19F3N4O3S. The van der Waals surface area contributed by atoms with Crippen molar-refractivity contribution in [1.29, 1.82) is 0 Å². The number of rotatable bonds is 4. The third-order valence-electron chi connectivity index (χ3n) is 4.42. The molecule has 1 aromatic carbocycles. The molecule has 156 valence electrons. The Bertz CT molecular complexity index is 986. The molecule has 0 radical (unpaired) electrons. The van der Waals surface area contributed by atoms with Crippen LogP contribution in [-0.4, -0.2) is 56.6 Å². The van der Waals surface area contributed by atoms with Gasteiger partial charge in [0.1, 0.15) is 5.82 Å². The van der Waals surface area contributed by atoms with Crippen LogP contribution >= 0.6 is 0 Å². The smallest absolute Gasteiger partial charge is 0.353 e. The number of nitrogens with zero attached hydrogens (tertiary/aromatic N) is 3. The summed E-state index contributed by atoms with van der Waals surface area (Å²) in [6.07, 6.45) is -2.64. The van der Waals surface area contributed by atoms with Crippen molar-refractivity contribution in [2.24, 2.45) is 0 Å². The lowest BCUT2D eigenvalue weighted by molar-refractivity contribution is -0.137. The zero-order chi connectivity index (χ0) is 21.2. The van der Waals surface area contributed by atoms with Crippen LogP contribution in [0.15, 0.2) is 42.6 Å². The fourth-order valence-corrected chi connectivity index (χ4v) is 3.59. The second kappa shape index (κ2) is 7.90. The molecular weight excluding hydrogens is 409 g/mol. The summed E-state index contributed by atoms with van der Waals surface area (Å²) in [7, 11) is -3.54. The summed E-state index contributed by atoms with van der Waals surface area (Å²) >= 11 is 0. The zero-order valence-electron chi connectivity index (χ0n) is 15.5. The van der Waals surface area contributed by atoms with Crippen LogP contribution in [0.5, 0.6) is 0 Å². The van der Waals surface area contributed by atoms with E-state index in [1.165, 1.54) is 12.1 Å². The molecule has 0 saturated carbocycles. The maximum Gasteiger partial charge on any atom is 0.417 e. The molecule has 0 atom stereocenters. The summed E-state index contributed by atoms with van der Waals surface area (Å²) < 4.78 is 63.3. The lowest BCUT2D eigenvalue weighted by atomic mass is 10.1. The summed E-state index contributed by atoms with van der Waals surface area (Å²) in [4.78, 5) is 20.1. The van der Waals surface area contributed by atoms with E-state index < -0.39 is 21.8 Å². The number of hydrogen-bond donors (Lipinski definition) is 1. The van der Waals surface area contributed by atoms with Gasteiger partial charge >= 0.3 is 6.18 Å². The molecule has 0 unspecified atom stereocenters. The van der Waals surface area contributed by atoms with Gasteiger partial charge in [0.25, 0.3) is 5.91 Å². The Kier molecular flexibility index (Phi) is 5.69. The number of pyridine rings is 1. The lowest BCUT2D eigenvalue weighted by Crippen LogP contribution is -2.49. The van der Waals surface area contributed by atoms with Crippen LogP contribution in [0, 0.1) is 0 Å². The number of alkyl halides is 3. The fourth-order valence-electron chi connectivity index (χ4n) is 3.01. The lowest BCUT2D eigenvalue weighted by Gasteiger charge is -2.35. The van der Waals surface area contributed by atoms with Crippen LogP contribution in [-0.2, 0) is 16.2 Å². The molecule has 1 aliphatic heterocycles. The van der Waals surface area contributed by atoms with Gasteiger partial charge < -0.3 is 9.80 Å². The van der Waals surface area contributed by atoms with Crippen LogP contribution < -0.4 is 9.62 Å². The van der Waals surface area contributed by atoms with E-state index in [2.05, 4.69) is 9.71 Å². The van der Waals surface area contributed by atoms with Gasteiger partial charge in [-0.3, -0.25) is 9.52 Å². The van der Waals surface area contributed by atoms with E-state index in [4.69, 9.17) is 0 Å². The van der Waals surface area contributed by atoms with Gasteiger partial charge in [0.15, 0.2) is 0 Å². The van der Waals surface area contributed by atoms with Crippen molar-refractivity contribution in [3.8, 4) is 0 Å². The third kappa shape index (κ3) is 5.17. The highest BCUT2D eigenvalue weighted by Gasteiger charge is 2.31. The van der Waals surface area contributed by atoms with E-state index in [0.29, 0.717) is 32.0 Å². The van der Waals surface area contributed by atoms with Gasteiger partial charge in [-0.1, -0.05) is 12.1 Å². The first-order valence-corrected chi connectivity index (χ1v) is 10.6. The molecule has 1 saturated heterocycles. The van der Waals surface area contributed by atoms with E-state index >= 15 is 0 Å². The van der Waals surface area contributed by atoms with Crippen molar-refractivity contribution < 1.29 is 26.4 Å². The standard InChI is InChI=1S/C18H19F3N4O3S/c1-29(27,28)23-15-5-3-2-4-14(15)17(26)25-10-8-24(9-11-25)16-7-6-13(12-22-16)18(19,20)21/h2-7,12,23H,8-11H2,1H3. The molecule has 0 bridgehead atoms. The van der Waals surface area contributed by atoms with Gasteiger partial charge in [-0.15, -0.1) is 0 Å². The zero-order valence-corrected chi connectivity index (χ0v) is 16.3. The Morgan fingerprint density at radius 1 is 1.07 bits per heavy atom. The summed E-state index contributed by atoms with van der Waals surface area (Å²) in [6.45, 7) is 1.45. The molecule has 11 heteroatoms. The van der Waals surface area contributed by atoms with Gasteiger partial charge in [0, 0.05) is 32.4 Å². The molecule has 2 aromatic rings. The molecule has 0 aliphatic carbocycles. The third-order valence-corrected chi connectivity index (χ3v) is 5.01. The highest BCUT2D eigenvalue weighted by atomic mass is 32.2. The summed E-state index contributed by atoms with van der Waals surface area (Å²) in [5.74, 6) is 0.0843. The van der Waals surface area contributed by atoms with Gasteiger partial charge in [-0.25, -0.2) is 13.4 Å². The van der Waals surface area contributed by atoms with Crippen LogP contribution in [0.2, 0.25) is 0 Å². The number of aromatic nitrogens is 1. The Labute approximate surface area is 166 Å². The van der Waals surface area contributed by atoms with Crippen molar-refractivity contribution in [2.75, 3.05) is 42.1 Å². The molecule has 7 nitrogen and oxygen atoms in total. The largest absolute Gasteiger partial charge is 0.417 e. The van der Waals surface area contributed by atoms with Crippen LogP contribution in [0.3, 0.4) is 0 Å². The maximum atomic E-state index is 12.8. The molecule has 29 heavy (non-hydrogen) atoms. The number of hydrogen-bond acceptors (Lipinski definition) is 5. The second-order valence-corrected chi connectivity index (χ2v) is 8.35. The Morgan fingerprint density at radius 3 is 2.28 bits per heavy atom. The molecule has 0 spiro atoms. The Balaban J connectivity index is 1.68. The van der Waals surface area contributed by atoms with E-state index in [-0.39, 0.29) is 17.2 Å². The normalized spacial score (nSPS) is 15.3. The number of nitrogens with one attached hydrogen (secondary N) is 1. The van der Waals surface area contributed by atoms with Crippen molar-refractivity contribution in [1.82, 2.24) is 9.88 Å². The average molecular weight is 428 g/mol. The minimum absolute atomic E-state index is 0.201. The highest BCUT2D eigenvalue weighted by Crippen LogP contribution is 2.29. The number of sulfonamides is 1. The first-order chi connectivity index (χ1) is 13.5. The van der Waals surface area contributed by atoms with Crippen molar-refractivity contribution in [3.63, 3.8) is 0 Å². The molecule has 1 amide bonds. The predicted molar refractivity (Wildman–Crippen MR) is 102 cm³/mol. The molecule has 1 fully saturated rings. The molecule has 1 aliphatic rings. The van der Waals surface area contributed by atoms with Crippen LogP contribution in [0.25, 0.3) is 0 Å². The minimum Gasteiger partial charge on any atom is -0.353 e. The van der Waals surface area contributed by atoms with Gasteiger partial charge in [-0.2, -0.15) is 13.2 Å². The van der Waals surface area contributed by atoms with Crippen molar-refractivity contribution in [2.45, 2.75) is 6.18 Å². The summed E-state index contributed by atoms with van der Waals surface area (Å²) in [6, 6.07) is 8.61. The number of amides is 1. The molecule has 2 heterocycles. The van der Waals surface area contributed by atoms with Gasteiger partial charge in [0.05, 0.1) is 23.1 Å². The summed E-state index contributed by atoms with van der Waals surface area (Å²) in [5, 5.41) is 0. The van der Waals surface area contributed by atoms with Crippen molar-refractivity contribution >= 4 is 27.4 Å². The highest BCUT2D eigenvalue weighted by molar-refractivity contribution is 7.92. The van der Waals surface area contributed by atoms with E-state index in [0.717, 1.165) is 18.5 Å². The SMILES string of the molecule is CS(=O)(=O)Nc1ccccc1C(=O)N1CCN(c2ccc(C(F)(F)F)cn2)CC1. The quantitative estimate of drug-likeness (QED) is 0.809. The van der Waals surface area contributed by atoms with E-state index in [1.54, 1.807) is 28.0 Å². The van der Waals surface area contributed by atoms with Gasteiger partial charge in [0.2, 0.25) is 10.0 Å². The van der Waals surface area contributed by atoms with Gasteiger partial charge in [-0.05, 0) is 24.3 Å². The first kappa shape index (κ1) is 20.9. The number of halogens is 3. The predicted octanol–water partition coefficient (Wildman–Crippen LogP) is 2.43. The number of carbonyl (C=O) groups excluding carboxylic acids is 1. The summed E-state index contributed by atoms with van der Waals surface area (Å²) in [5.41, 5.74) is -0.379. The second-order valence-electron chi connectivity index (χ2n) is 6.60. The van der Waals surface area contributed by atoms with Crippen molar-refractivity contribution in [3.05, 3.63) is 53.7 Å². The Hall–Kier alpha value is -2.82. The van der Waals surface area contributed by atoms with E-state index in [1.807, 2.05) is 0 Å². The first-order valence-electron chi connectivity index (χ1n) is 8.69. The van der Waals surface area contributed by atoms with Crippen LogP contribution in [0.1, 0.15) is 15.9 Å². The fraction of sp³-hybridized carbons (Fsp3) is 0.333. The topological polar surface area (TPSA) is 82.6 Å². The molecule has 1 N–H and O–H groups in total. The van der Waals surface area contributed by atoms with Crippen LogP contribution in [0.4, 0.5) is 24.7 Å². The average Bonchev–Trinajstić information content (AvgIpc) is 2.66. The molecule has 1 aromatic heterocycles. The number of carbonyl (C=O) groups is 1. The molecule has 3 rings (SSSR count). The van der Waals surface area contributed by atoms with E-state index in [9.17, 15) is 26.4 Å². The number of piperazine rings is 1. The number of para-hydroxylation sites is 1. The number of anilines is 2. The number of benzene rings is 1. The monoisotopic (exact) mass is 428 g/mol. The minimum atomic E-state index is -4.44.